The predicted octanol–water partition coefficient (Wildman–Crippen LogP) is 4.20. The van der Waals surface area contributed by atoms with Crippen molar-refractivity contribution in [2.24, 2.45) is 0 Å². The van der Waals surface area contributed by atoms with Crippen LogP contribution in [-0.4, -0.2) is 0 Å². The molecule has 0 aromatic heterocycles. The van der Waals surface area contributed by atoms with Crippen LogP contribution in [0.15, 0.2) is 10.5 Å². The Morgan fingerprint density at radius 2 is 1.91 bits per heavy atom. The molecule has 0 radical (unpaired) electrons. The molecule has 0 aliphatic rings. The van der Waals surface area contributed by atoms with Crippen molar-refractivity contribution in [1.29, 1.82) is 0 Å². The quantitative estimate of drug-likeness (QED) is 0.483. The maximum atomic E-state index is 13.0. The van der Waals surface area contributed by atoms with Crippen LogP contribution in [0.5, 0.6) is 0 Å². The SMILES string of the molecule is Cc1cc(Br)c(Cl)c(F)c1Cl. The molecule has 0 aliphatic carbocycles. The summed E-state index contributed by atoms with van der Waals surface area (Å²) in [6, 6.07) is 1.67. The molecule has 1 aromatic rings. The molecular weight excluding hydrogens is 254 g/mol. The summed E-state index contributed by atoms with van der Waals surface area (Å²) in [5, 5.41) is 0.110. The Morgan fingerprint density at radius 1 is 1.36 bits per heavy atom. The molecule has 0 saturated heterocycles. The van der Waals surface area contributed by atoms with Crippen LogP contribution >= 0.6 is 39.1 Å². The Hall–Kier alpha value is 0.210. The van der Waals surface area contributed by atoms with E-state index in [4.69, 9.17) is 23.2 Å². The minimum Gasteiger partial charge on any atom is -0.204 e. The lowest BCUT2D eigenvalue weighted by Gasteiger charge is -2.02. The lowest BCUT2D eigenvalue weighted by Crippen LogP contribution is -1.84. The highest BCUT2D eigenvalue weighted by Gasteiger charge is 2.10. The van der Waals surface area contributed by atoms with Gasteiger partial charge < -0.3 is 0 Å². The first-order valence-corrected chi connectivity index (χ1v) is 4.38. The number of halogens is 4. The second kappa shape index (κ2) is 3.30. The van der Waals surface area contributed by atoms with Crippen molar-refractivity contribution in [3.63, 3.8) is 0 Å². The van der Waals surface area contributed by atoms with Gasteiger partial charge in [-0.2, -0.15) is 0 Å². The molecule has 0 saturated carbocycles. The summed E-state index contributed by atoms with van der Waals surface area (Å²) < 4.78 is 13.5. The largest absolute Gasteiger partial charge is 0.204 e. The maximum absolute atomic E-state index is 13.0. The van der Waals surface area contributed by atoms with Gasteiger partial charge >= 0.3 is 0 Å². The van der Waals surface area contributed by atoms with Gasteiger partial charge in [-0.25, -0.2) is 4.39 Å². The molecule has 0 bridgehead atoms. The van der Waals surface area contributed by atoms with Gasteiger partial charge in [0, 0.05) is 4.47 Å². The van der Waals surface area contributed by atoms with E-state index in [1.165, 1.54) is 0 Å². The van der Waals surface area contributed by atoms with E-state index in [0.717, 1.165) is 0 Å². The van der Waals surface area contributed by atoms with Crippen molar-refractivity contribution in [1.82, 2.24) is 0 Å². The van der Waals surface area contributed by atoms with Gasteiger partial charge in [-0.05, 0) is 34.5 Å². The first kappa shape index (κ1) is 9.30. The third-order valence-corrected chi connectivity index (χ3v) is 2.97. The fourth-order valence-electron chi connectivity index (χ4n) is 0.691. The molecule has 0 fully saturated rings. The van der Waals surface area contributed by atoms with E-state index < -0.39 is 5.82 Å². The van der Waals surface area contributed by atoms with Gasteiger partial charge in [0.15, 0.2) is 5.82 Å². The van der Waals surface area contributed by atoms with Crippen molar-refractivity contribution in [3.8, 4) is 0 Å². The fraction of sp³-hybridized carbons (Fsp3) is 0.143. The van der Waals surface area contributed by atoms with Crippen LogP contribution < -0.4 is 0 Å². The minimum absolute atomic E-state index is 0.0283. The summed E-state index contributed by atoms with van der Waals surface area (Å²) in [5.41, 5.74) is 0.667. The van der Waals surface area contributed by atoms with E-state index in [0.29, 0.717) is 10.0 Å². The van der Waals surface area contributed by atoms with Gasteiger partial charge in [0.25, 0.3) is 0 Å². The Bertz CT molecular complexity index is 273. The summed E-state index contributed by atoms with van der Waals surface area (Å²) in [7, 11) is 0. The Morgan fingerprint density at radius 3 is 2.45 bits per heavy atom. The standard InChI is InChI=1S/C7H4BrCl2F/c1-3-2-4(8)6(10)7(11)5(3)9/h2H,1H3. The molecule has 0 atom stereocenters. The molecule has 0 aliphatic heterocycles. The number of benzene rings is 1. The summed E-state index contributed by atoms with van der Waals surface area (Å²) in [6.45, 7) is 1.71. The van der Waals surface area contributed by atoms with Gasteiger partial charge in [0.2, 0.25) is 0 Å². The molecule has 11 heavy (non-hydrogen) atoms. The van der Waals surface area contributed by atoms with Gasteiger partial charge in [0.1, 0.15) is 0 Å². The third-order valence-electron chi connectivity index (χ3n) is 1.28. The average molecular weight is 258 g/mol. The van der Waals surface area contributed by atoms with Crippen LogP contribution in [0.2, 0.25) is 10.0 Å². The molecule has 0 nitrogen and oxygen atoms in total. The third kappa shape index (κ3) is 1.68. The summed E-state index contributed by atoms with van der Waals surface area (Å²) in [5.74, 6) is -0.569. The highest BCUT2D eigenvalue weighted by Crippen LogP contribution is 2.32. The molecule has 0 spiro atoms. The first-order valence-electron chi connectivity index (χ1n) is 2.83. The molecule has 0 heterocycles. The summed E-state index contributed by atoms with van der Waals surface area (Å²) in [6.07, 6.45) is 0. The fourth-order valence-corrected chi connectivity index (χ4v) is 1.56. The zero-order chi connectivity index (χ0) is 8.59. The zero-order valence-corrected chi connectivity index (χ0v) is 8.69. The highest BCUT2D eigenvalue weighted by atomic mass is 79.9. The number of aryl methyl sites for hydroxylation is 1. The van der Waals surface area contributed by atoms with Crippen LogP contribution in [0.4, 0.5) is 4.39 Å². The molecule has 1 aromatic carbocycles. The predicted molar refractivity (Wildman–Crippen MR) is 48.9 cm³/mol. The van der Waals surface area contributed by atoms with Crippen LogP contribution in [0, 0.1) is 12.7 Å². The lowest BCUT2D eigenvalue weighted by atomic mass is 10.2. The van der Waals surface area contributed by atoms with Crippen LogP contribution in [0.25, 0.3) is 0 Å². The van der Waals surface area contributed by atoms with Crippen molar-refractivity contribution in [2.75, 3.05) is 0 Å². The number of hydrogen-bond acceptors (Lipinski definition) is 0. The molecular formula is C7H4BrCl2F. The molecule has 0 unspecified atom stereocenters. The van der Waals surface area contributed by atoms with E-state index in [2.05, 4.69) is 15.9 Å². The second-order valence-electron chi connectivity index (χ2n) is 2.12. The van der Waals surface area contributed by atoms with Crippen LogP contribution in [-0.2, 0) is 0 Å². The van der Waals surface area contributed by atoms with E-state index in [1.807, 2.05) is 0 Å². The molecule has 4 heteroatoms. The summed E-state index contributed by atoms with van der Waals surface area (Å²) in [4.78, 5) is 0. The number of rotatable bonds is 0. The van der Waals surface area contributed by atoms with Crippen molar-refractivity contribution in [2.45, 2.75) is 6.92 Å². The molecule has 0 amide bonds. The van der Waals surface area contributed by atoms with E-state index in [-0.39, 0.29) is 10.0 Å². The second-order valence-corrected chi connectivity index (χ2v) is 3.73. The van der Waals surface area contributed by atoms with Gasteiger partial charge in [-0.15, -0.1) is 0 Å². The van der Waals surface area contributed by atoms with Crippen LogP contribution in [0.1, 0.15) is 5.56 Å². The summed E-state index contributed by atoms with van der Waals surface area (Å²) >= 11 is 14.2. The zero-order valence-electron chi connectivity index (χ0n) is 5.59. The molecule has 0 N–H and O–H groups in total. The number of hydrogen-bond donors (Lipinski definition) is 0. The van der Waals surface area contributed by atoms with Crippen molar-refractivity contribution in [3.05, 3.63) is 32.0 Å². The Labute approximate surface area is 82.4 Å². The topological polar surface area (TPSA) is 0 Å². The lowest BCUT2D eigenvalue weighted by molar-refractivity contribution is 0.626. The van der Waals surface area contributed by atoms with Crippen LogP contribution in [0.3, 0.4) is 0 Å². The first-order chi connectivity index (χ1) is 5.04. The van der Waals surface area contributed by atoms with Crippen molar-refractivity contribution >= 4 is 39.1 Å². The van der Waals surface area contributed by atoms with Gasteiger partial charge in [-0.3, -0.25) is 0 Å². The highest BCUT2D eigenvalue weighted by molar-refractivity contribution is 9.10. The molecule has 1 rings (SSSR count). The Balaban J connectivity index is 3.46. The Kier molecular flexibility index (Phi) is 2.79. The maximum Gasteiger partial charge on any atom is 0.161 e. The van der Waals surface area contributed by atoms with Gasteiger partial charge in [0.05, 0.1) is 10.0 Å². The van der Waals surface area contributed by atoms with Gasteiger partial charge in [-0.1, -0.05) is 23.2 Å². The monoisotopic (exact) mass is 256 g/mol. The smallest absolute Gasteiger partial charge is 0.161 e. The average Bonchev–Trinajstić information content (AvgIpc) is 1.97. The molecule has 60 valence electrons. The van der Waals surface area contributed by atoms with Crippen molar-refractivity contribution < 1.29 is 4.39 Å². The normalized spacial score (nSPS) is 10.3. The van der Waals surface area contributed by atoms with E-state index in [1.54, 1.807) is 13.0 Å². The van der Waals surface area contributed by atoms with E-state index in [9.17, 15) is 4.39 Å². The minimum atomic E-state index is -0.569. The van der Waals surface area contributed by atoms with E-state index >= 15 is 0 Å².